The lowest BCUT2D eigenvalue weighted by atomic mass is 10.2. The molecule has 0 aliphatic rings. The van der Waals surface area contributed by atoms with Crippen LogP contribution in [-0.2, 0) is 11.3 Å². The first kappa shape index (κ1) is 21.2. The third kappa shape index (κ3) is 4.82. The minimum absolute atomic E-state index is 0.189. The highest BCUT2D eigenvalue weighted by Crippen LogP contribution is 2.29. The summed E-state index contributed by atoms with van der Waals surface area (Å²) in [5, 5.41) is 4.20. The molecule has 4 aromatic rings. The molecular formula is C25H21Cl2N3O. The summed E-state index contributed by atoms with van der Waals surface area (Å²) in [7, 11) is 0. The number of nitrogens with zero attached hydrogens (tertiary/aromatic N) is 2. The van der Waals surface area contributed by atoms with Crippen LogP contribution in [0.3, 0.4) is 0 Å². The molecule has 0 spiro atoms. The Morgan fingerprint density at radius 3 is 2.42 bits per heavy atom. The lowest BCUT2D eigenvalue weighted by Gasteiger charge is -2.17. The van der Waals surface area contributed by atoms with Gasteiger partial charge in [0.15, 0.2) is 0 Å². The first-order valence-electron chi connectivity index (χ1n) is 9.94. The predicted molar refractivity (Wildman–Crippen MR) is 127 cm³/mol. The van der Waals surface area contributed by atoms with Crippen LogP contribution in [-0.4, -0.2) is 15.5 Å². The first-order valence-corrected chi connectivity index (χ1v) is 10.7. The molecule has 0 bridgehead atoms. The number of amides is 1. The van der Waals surface area contributed by atoms with Gasteiger partial charge in [-0.25, -0.2) is 4.98 Å². The van der Waals surface area contributed by atoms with E-state index in [0.717, 1.165) is 28.0 Å². The molecule has 1 heterocycles. The zero-order valence-corrected chi connectivity index (χ0v) is 18.4. The number of hydrogen-bond acceptors (Lipinski definition) is 2. The Bertz CT molecular complexity index is 1230. The number of imidazole rings is 1. The van der Waals surface area contributed by atoms with Crippen molar-refractivity contribution in [2.24, 2.45) is 0 Å². The number of fused-ring (bicyclic) bond motifs is 1. The zero-order chi connectivity index (χ0) is 21.8. The molecule has 0 aliphatic heterocycles. The van der Waals surface area contributed by atoms with E-state index in [-0.39, 0.29) is 11.9 Å². The molecule has 1 aromatic heterocycles. The highest BCUT2D eigenvalue weighted by molar-refractivity contribution is 6.36. The van der Waals surface area contributed by atoms with Gasteiger partial charge in [-0.15, -0.1) is 0 Å². The predicted octanol–water partition coefficient (Wildman–Crippen LogP) is 6.28. The number of para-hydroxylation sites is 2. The highest BCUT2D eigenvalue weighted by atomic mass is 35.5. The maximum Gasteiger partial charge on any atom is 0.244 e. The first-order chi connectivity index (χ1) is 15.0. The van der Waals surface area contributed by atoms with Gasteiger partial charge in [0.1, 0.15) is 5.82 Å². The minimum Gasteiger partial charge on any atom is -0.343 e. The van der Waals surface area contributed by atoms with Gasteiger partial charge < -0.3 is 9.88 Å². The van der Waals surface area contributed by atoms with Gasteiger partial charge in [0.05, 0.1) is 23.6 Å². The Kier molecular flexibility index (Phi) is 6.40. The van der Waals surface area contributed by atoms with Crippen molar-refractivity contribution in [2.75, 3.05) is 0 Å². The summed E-state index contributed by atoms with van der Waals surface area (Å²) < 4.78 is 2.05. The van der Waals surface area contributed by atoms with Gasteiger partial charge in [0.2, 0.25) is 5.91 Å². The number of carbonyl (C=O) groups is 1. The monoisotopic (exact) mass is 449 g/mol. The molecule has 31 heavy (non-hydrogen) atoms. The number of aromatic nitrogens is 2. The Hall–Kier alpha value is -3.08. The van der Waals surface area contributed by atoms with Gasteiger partial charge in [-0.05, 0) is 42.8 Å². The van der Waals surface area contributed by atoms with E-state index in [1.165, 1.54) is 6.08 Å². The fourth-order valence-corrected chi connectivity index (χ4v) is 4.01. The van der Waals surface area contributed by atoms with Crippen LogP contribution < -0.4 is 5.32 Å². The van der Waals surface area contributed by atoms with E-state index in [4.69, 9.17) is 28.2 Å². The van der Waals surface area contributed by atoms with Crippen LogP contribution in [0.2, 0.25) is 10.0 Å². The normalized spacial score (nSPS) is 12.4. The number of nitrogens with one attached hydrogen (secondary N) is 1. The molecule has 0 unspecified atom stereocenters. The molecule has 3 aromatic carbocycles. The van der Waals surface area contributed by atoms with Gasteiger partial charge in [-0.1, -0.05) is 71.7 Å². The Morgan fingerprint density at radius 1 is 1.00 bits per heavy atom. The summed E-state index contributed by atoms with van der Waals surface area (Å²) in [6.07, 6.45) is 3.32. The molecule has 0 radical (unpaired) electrons. The fraction of sp³-hybridized carbons (Fsp3) is 0.120. The summed E-state index contributed by atoms with van der Waals surface area (Å²) in [6, 6.07) is 22.7. The van der Waals surface area contributed by atoms with E-state index in [0.29, 0.717) is 16.6 Å². The second kappa shape index (κ2) is 9.38. The average molecular weight is 450 g/mol. The van der Waals surface area contributed by atoms with Crippen LogP contribution in [0, 0.1) is 0 Å². The molecule has 6 heteroatoms. The summed E-state index contributed by atoms with van der Waals surface area (Å²) in [4.78, 5) is 17.3. The second-order valence-electron chi connectivity index (χ2n) is 7.22. The van der Waals surface area contributed by atoms with E-state index in [9.17, 15) is 4.79 Å². The van der Waals surface area contributed by atoms with Crippen LogP contribution in [0.4, 0.5) is 0 Å². The number of hydrogen-bond donors (Lipinski definition) is 1. The quantitative estimate of drug-likeness (QED) is 0.352. The van der Waals surface area contributed by atoms with Gasteiger partial charge in [0, 0.05) is 21.7 Å². The Balaban J connectivity index is 1.63. The number of rotatable bonds is 6. The second-order valence-corrected chi connectivity index (χ2v) is 8.03. The standard InChI is InChI=1S/C25H21Cl2N3O/c1-17(28-24(31)15-14-18-8-3-2-4-9-18)25-29-22-12-5-6-13-23(22)30(25)16-19-20(26)10-7-11-21(19)27/h2-15,17H,16H2,1H3,(H,28,31)/b15-14+/t17-/m0/s1. The number of benzene rings is 3. The van der Waals surface area contributed by atoms with Crippen molar-refractivity contribution in [3.05, 3.63) is 106 Å². The van der Waals surface area contributed by atoms with Crippen molar-refractivity contribution < 1.29 is 4.79 Å². The van der Waals surface area contributed by atoms with Crippen LogP contribution in [0.15, 0.2) is 78.9 Å². The van der Waals surface area contributed by atoms with Gasteiger partial charge in [0.25, 0.3) is 0 Å². The highest BCUT2D eigenvalue weighted by Gasteiger charge is 2.19. The summed E-state index contributed by atoms with van der Waals surface area (Å²) in [6.45, 7) is 2.37. The van der Waals surface area contributed by atoms with E-state index < -0.39 is 0 Å². The Labute approximate surface area is 191 Å². The molecule has 156 valence electrons. The van der Waals surface area contributed by atoms with Crippen LogP contribution in [0.25, 0.3) is 17.1 Å². The molecule has 0 saturated carbocycles. The molecule has 1 N–H and O–H groups in total. The number of halogens is 2. The summed E-state index contributed by atoms with van der Waals surface area (Å²) >= 11 is 12.8. The molecule has 0 saturated heterocycles. The van der Waals surface area contributed by atoms with Crippen LogP contribution >= 0.6 is 23.2 Å². The van der Waals surface area contributed by atoms with E-state index >= 15 is 0 Å². The van der Waals surface area contributed by atoms with Crippen molar-refractivity contribution in [2.45, 2.75) is 19.5 Å². The van der Waals surface area contributed by atoms with Crippen molar-refractivity contribution >= 4 is 46.2 Å². The van der Waals surface area contributed by atoms with Crippen molar-refractivity contribution in [1.82, 2.24) is 14.9 Å². The SMILES string of the molecule is C[C@H](NC(=O)/C=C/c1ccccc1)c1nc2ccccc2n1Cc1c(Cl)cccc1Cl. The van der Waals surface area contributed by atoms with Crippen molar-refractivity contribution in [1.29, 1.82) is 0 Å². The maximum atomic E-state index is 12.5. The van der Waals surface area contributed by atoms with Crippen LogP contribution in [0.5, 0.6) is 0 Å². The molecule has 0 aliphatic carbocycles. The molecular weight excluding hydrogens is 429 g/mol. The molecule has 1 atom stereocenters. The lowest BCUT2D eigenvalue weighted by molar-refractivity contribution is -0.117. The minimum atomic E-state index is -0.318. The maximum absolute atomic E-state index is 12.5. The average Bonchev–Trinajstić information content (AvgIpc) is 3.14. The Morgan fingerprint density at radius 2 is 1.68 bits per heavy atom. The summed E-state index contributed by atoms with van der Waals surface area (Å²) in [5.41, 5.74) is 3.58. The smallest absolute Gasteiger partial charge is 0.244 e. The zero-order valence-electron chi connectivity index (χ0n) is 16.9. The van der Waals surface area contributed by atoms with Gasteiger partial charge in [-0.3, -0.25) is 4.79 Å². The lowest BCUT2D eigenvalue weighted by Crippen LogP contribution is -2.27. The van der Waals surface area contributed by atoms with E-state index in [1.54, 1.807) is 6.08 Å². The van der Waals surface area contributed by atoms with Crippen molar-refractivity contribution in [3.63, 3.8) is 0 Å². The van der Waals surface area contributed by atoms with E-state index in [2.05, 4.69) is 5.32 Å². The van der Waals surface area contributed by atoms with Gasteiger partial charge in [-0.2, -0.15) is 0 Å². The van der Waals surface area contributed by atoms with Crippen LogP contribution in [0.1, 0.15) is 29.9 Å². The topological polar surface area (TPSA) is 46.9 Å². The third-order valence-corrected chi connectivity index (χ3v) is 5.74. The molecule has 4 rings (SSSR count). The fourth-order valence-electron chi connectivity index (χ4n) is 3.49. The van der Waals surface area contributed by atoms with Gasteiger partial charge >= 0.3 is 0 Å². The molecule has 1 amide bonds. The van der Waals surface area contributed by atoms with Crippen molar-refractivity contribution in [3.8, 4) is 0 Å². The largest absolute Gasteiger partial charge is 0.343 e. The summed E-state index contributed by atoms with van der Waals surface area (Å²) in [5.74, 6) is 0.546. The third-order valence-electron chi connectivity index (χ3n) is 5.03. The molecule has 4 nitrogen and oxygen atoms in total. The molecule has 0 fully saturated rings. The number of carbonyl (C=O) groups excluding carboxylic acids is 1. The van der Waals surface area contributed by atoms with E-state index in [1.807, 2.05) is 84.3 Å².